The minimum Gasteiger partial charge on any atom is -0.493 e. The van der Waals surface area contributed by atoms with E-state index in [1.807, 2.05) is 53.6 Å². The van der Waals surface area contributed by atoms with Gasteiger partial charge in [-0.1, -0.05) is 48.5 Å². The standard InChI is InChI=1S/C38H33ClN6O4/c1-48-33-13-29-31(42-18-26-12-22-6-2-3-7-23(22)19-44(26)38(29)47)15-34(33)49-21-25-10-11-41-35(43-25)16-36(46)45-20-24(17-39)37-28-9-5-4-8-27(28)30(40)14-32(37)45/h2-11,13-15,18,24,26H,12,16-17,19-21,40H2,1H3/t24-,26+/m1/s1. The largest absolute Gasteiger partial charge is 0.493 e. The average molecular weight is 673 g/mol. The number of rotatable bonds is 7. The molecule has 0 fully saturated rings. The molecule has 0 aliphatic carbocycles. The van der Waals surface area contributed by atoms with E-state index in [4.69, 9.17) is 31.8 Å². The molecule has 3 aliphatic heterocycles. The van der Waals surface area contributed by atoms with Gasteiger partial charge >= 0.3 is 0 Å². The van der Waals surface area contributed by atoms with E-state index in [-0.39, 0.29) is 36.8 Å². The first-order chi connectivity index (χ1) is 23.9. The van der Waals surface area contributed by atoms with Crippen molar-refractivity contribution in [1.82, 2.24) is 14.9 Å². The fraction of sp³-hybridized carbons (Fsp3) is 0.237. The molecule has 0 spiro atoms. The highest BCUT2D eigenvalue weighted by atomic mass is 35.5. The molecule has 0 saturated heterocycles. The summed E-state index contributed by atoms with van der Waals surface area (Å²) in [5.41, 5.74) is 12.8. The van der Waals surface area contributed by atoms with Crippen molar-refractivity contribution in [1.29, 1.82) is 0 Å². The fourth-order valence-corrected chi connectivity index (χ4v) is 7.40. The van der Waals surface area contributed by atoms with Crippen molar-refractivity contribution in [2.45, 2.75) is 38.0 Å². The summed E-state index contributed by atoms with van der Waals surface area (Å²) in [5, 5.41) is 1.96. The molecule has 4 aromatic carbocycles. The average Bonchev–Trinajstić information content (AvgIpc) is 3.45. The maximum Gasteiger partial charge on any atom is 0.257 e. The van der Waals surface area contributed by atoms with Gasteiger partial charge in [-0.3, -0.25) is 14.6 Å². The maximum atomic E-state index is 13.7. The van der Waals surface area contributed by atoms with Crippen molar-refractivity contribution < 1.29 is 19.1 Å². The van der Waals surface area contributed by atoms with E-state index in [0.717, 1.165) is 27.6 Å². The second-order valence-corrected chi connectivity index (χ2v) is 12.8. The molecule has 5 aromatic rings. The lowest BCUT2D eigenvalue weighted by Gasteiger charge is -2.34. The summed E-state index contributed by atoms with van der Waals surface area (Å²) in [5.74, 6) is 1.34. The predicted molar refractivity (Wildman–Crippen MR) is 189 cm³/mol. The maximum absolute atomic E-state index is 13.7. The number of carbonyl (C=O) groups excluding carboxylic acids is 2. The minimum absolute atomic E-state index is 0.00442. The summed E-state index contributed by atoms with van der Waals surface area (Å²) in [6.07, 6.45) is 4.16. The first kappa shape index (κ1) is 30.8. The number of alkyl halides is 1. The van der Waals surface area contributed by atoms with Crippen molar-refractivity contribution in [3.63, 3.8) is 0 Å². The van der Waals surface area contributed by atoms with Gasteiger partial charge in [-0.25, -0.2) is 9.97 Å². The Morgan fingerprint density at radius 2 is 1.82 bits per heavy atom. The summed E-state index contributed by atoms with van der Waals surface area (Å²) in [6, 6.07) is 23.0. The van der Waals surface area contributed by atoms with E-state index < -0.39 is 0 Å². The van der Waals surface area contributed by atoms with Gasteiger partial charge in [0.1, 0.15) is 12.4 Å². The number of ether oxygens (including phenoxy) is 2. The third-order valence-electron chi connectivity index (χ3n) is 9.58. The van der Waals surface area contributed by atoms with Crippen LogP contribution in [0.4, 0.5) is 17.1 Å². The highest BCUT2D eigenvalue weighted by Gasteiger charge is 2.35. The third-order valence-corrected chi connectivity index (χ3v) is 9.95. The van der Waals surface area contributed by atoms with Crippen LogP contribution in [0.15, 0.2) is 84.0 Å². The molecule has 10 nitrogen and oxygen atoms in total. The lowest BCUT2D eigenvalue weighted by Crippen LogP contribution is -2.44. The summed E-state index contributed by atoms with van der Waals surface area (Å²) >= 11 is 6.39. The van der Waals surface area contributed by atoms with Crippen LogP contribution < -0.4 is 20.1 Å². The van der Waals surface area contributed by atoms with E-state index >= 15 is 0 Å². The van der Waals surface area contributed by atoms with Crippen molar-refractivity contribution in [2.75, 3.05) is 30.2 Å². The Kier molecular flexibility index (Phi) is 7.88. The number of nitrogen functional groups attached to an aromatic ring is 1. The molecule has 8 rings (SSSR count). The number of nitrogens with zero attached hydrogens (tertiary/aromatic N) is 5. The molecule has 11 heteroatoms. The molecule has 0 bridgehead atoms. The number of anilines is 2. The monoisotopic (exact) mass is 672 g/mol. The molecule has 0 unspecified atom stereocenters. The van der Waals surface area contributed by atoms with Gasteiger partial charge in [0.2, 0.25) is 5.91 Å². The number of carbonyl (C=O) groups is 2. The topological polar surface area (TPSA) is 123 Å². The molecule has 1 aromatic heterocycles. The zero-order valence-corrected chi connectivity index (χ0v) is 27.6. The number of methoxy groups -OCH3 is 1. The SMILES string of the molecule is COc1cc2c(cc1OCc1ccnc(CC(=O)N3C[C@@H](CCl)c4c3cc(N)c3ccccc43)n1)N=C[C@@H]1Cc3ccccc3CN1C2=O. The zero-order valence-electron chi connectivity index (χ0n) is 26.8. The molecule has 2 amide bonds. The zero-order chi connectivity index (χ0) is 33.6. The Bertz CT molecular complexity index is 2170. The first-order valence-corrected chi connectivity index (χ1v) is 16.7. The number of nitrogens with two attached hydrogens (primary N) is 1. The highest BCUT2D eigenvalue weighted by molar-refractivity contribution is 6.19. The molecule has 0 radical (unpaired) electrons. The molecule has 49 heavy (non-hydrogen) atoms. The summed E-state index contributed by atoms with van der Waals surface area (Å²) < 4.78 is 11.8. The number of hydrogen-bond donors (Lipinski definition) is 1. The second-order valence-electron chi connectivity index (χ2n) is 12.5. The second kappa shape index (κ2) is 12.5. The van der Waals surface area contributed by atoms with Crippen LogP contribution >= 0.6 is 11.6 Å². The molecular weight excluding hydrogens is 640 g/mol. The molecular formula is C38H33ClN6O4. The normalized spacial score (nSPS) is 17.6. The summed E-state index contributed by atoms with van der Waals surface area (Å²) in [6.45, 7) is 1.07. The Morgan fingerprint density at radius 3 is 2.63 bits per heavy atom. The Balaban J connectivity index is 0.997. The number of aliphatic imine (C=N–C) groups is 1. The fourth-order valence-electron chi connectivity index (χ4n) is 7.15. The minimum atomic E-state index is -0.143. The highest BCUT2D eigenvalue weighted by Crippen LogP contribution is 2.44. The lowest BCUT2D eigenvalue weighted by atomic mass is 9.94. The number of halogens is 1. The smallest absolute Gasteiger partial charge is 0.257 e. The molecule has 0 saturated carbocycles. The van der Waals surface area contributed by atoms with E-state index in [0.29, 0.717) is 65.3 Å². The summed E-state index contributed by atoms with van der Waals surface area (Å²) in [7, 11) is 1.54. The number of aromatic nitrogens is 2. The van der Waals surface area contributed by atoms with E-state index in [9.17, 15) is 9.59 Å². The quantitative estimate of drug-likeness (QED) is 0.166. The van der Waals surface area contributed by atoms with Crippen molar-refractivity contribution >= 4 is 57.5 Å². The van der Waals surface area contributed by atoms with Gasteiger partial charge in [0.05, 0.1) is 36.5 Å². The van der Waals surface area contributed by atoms with Gasteiger partial charge in [0, 0.05) is 60.1 Å². The molecule has 2 atom stereocenters. The number of amides is 2. The Morgan fingerprint density at radius 1 is 1.02 bits per heavy atom. The molecule has 3 aliphatic rings. The predicted octanol–water partition coefficient (Wildman–Crippen LogP) is 5.99. The van der Waals surface area contributed by atoms with Crippen LogP contribution in [0.1, 0.15) is 44.5 Å². The van der Waals surface area contributed by atoms with Gasteiger partial charge in [0.15, 0.2) is 11.5 Å². The van der Waals surface area contributed by atoms with Crippen LogP contribution in [0.2, 0.25) is 0 Å². The van der Waals surface area contributed by atoms with Gasteiger partial charge in [-0.05, 0) is 46.7 Å². The van der Waals surface area contributed by atoms with Crippen LogP contribution in [0.5, 0.6) is 11.5 Å². The lowest BCUT2D eigenvalue weighted by molar-refractivity contribution is -0.118. The third kappa shape index (κ3) is 5.51. The summed E-state index contributed by atoms with van der Waals surface area (Å²) in [4.78, 5) is 44.7. The van der Waals surface area contributed by atoms with Crippen molar-refractivity contribution in [3.05, 3.63) is 113 Å². The van der Waals surface area contributed by atoms with Crippen LogP contribution in [0.3, 0.4) is 0 Å². The Labute approximate surface area is 288 Å². The first-order valence-electron chi connectivity index (χ1n) is 16.2. The van der Waals surface area contributed by atoms with E-state index in [2.05, 4.69) is 22.1 Å². The van der Waals surface area contributed by atoms with Crippen LogP contribution in [-0.2, 0) is 30.8 Å². The Hall–Kier alpha value is -5.48. The number of hydrogen-bond acceptors (Lipinski definition) is 8. The molecule has 4 heterocycles. The van der Waals surface area contributed by atoms with Crippen LogP contribution in [-0.4, -0.2) is 58.5 Å². The van der Waals surface area contributed by atoms with E-state index in [1.165, 1.54) is 12.7 Å². The van der Waals surface area contributed by atoms with Gasteiger partial charge < -0.3 is 25.0 Å². The van der Waals surface area contributed by atoms with Gasteiger partial charge in [-0.15, -0.1) is 11.6 Å². The molecule has 2 N–H and O–H groups in total. The molecule has 246 valence electrons. The number of benzene rings is 4. The van der Waals surface area contributed by atoms with Gasteiger partial charge in [-0.2, -0.15) is 0 Å². The van der Waals surface area contributed by atoms with Crippen LogP contribution in [0, 0.1) is 0 Å². The van der Waals surface area contributed by atoms with Crippen molar-refractivity contribution in [3.8, 4) is 11.5 Å². The van der Waals surface area contributed by atoms with Crippen LogP contribution in [0.25, 0.3) is 10.8 Å². The van der Waals surface area contributed by atoms with Gasteiger partial charge in [0.25, 0.3) is 5.91 Å². The number of fused-ring (bicyclic) bond motifs is 6. The van der Waals surface area contributed by atoms with Crippen molar-refractivity contribution in [2.24, 2.45) is 4.99 Å². The van der Waals surface area contributed by atoms with E-state index in [1.54, 1.807) is 29.3 Å².